The molecule has 0 aromatic heterocycles. The Bertz CT molecular complexity index is 603. The molecule has 0 spiro atoms. The van der Waals surface area contributed by atoms with Crippen LogP contribution in [0.2, 0.25) is 0 Å². The van der Waals surface area contributed by atoms with Gasteiger partial charge >= 0.3 is 0 Å². The van der Waals surface area contributed by atoms with Gasteiger partial charge < -0.3 is 5.11 Å². The third-order valence-electron chi connectivity index (χ3n) is 4.13. The quantitative estimate of drug-likeness (QED) is 0.897. The summed E-state index contributed by atoms with van der Waals surface area (Å²) in [5.74, 6) is -0.796. The van der Waals surface area contributed by atoms with Crippen LogP contribution in [0.25, 0.3) is 0 Å². The van der Waals surface area contributed by atoms with Gasteiger partial charge in [-0.15, -0.1) is 0 Å². The van der Waals surface area contributed by atoms with E-state index in [4.69, 9.17) is 5.11 Å². The molecule has 0 saturated heterocycles. The molecule has 0 aliphatic heterocycles. The van der Waals surface area contributed by atoms with Gasteiger partial charge in [0.1, 0.15) is 10.7 Å². The highest BCUT2D eigenvalue weighted by molar-refractivity contribution is 7.89. The molecule has 4 nitrogen and oxygen atoms in total. The van der Waals surface area contributed by atoms with Crippen molar-refractivity contribution in [2.24, 2.45) is 5.41 Å². The van der Waals surface area contributed by atoms with E-state index in [1.165, 1.54) is 12.1 Å². The lowest BCUT2D eigenvalue weighted by Gasteiger charge is -2.34. The summed E-state index contributed by atoms with van der Waals surface area (Å²) < 4.78 is 41.0. The largest absolute Gasteiger partial charge is 0.392 e. The highest BCUT2D eigenvalue weighted by atomic mass is 32.2. The highest BCUT2D eigenvalue weighted by Crippen LogP contribution is 2.35. The Morgan fingerprint density at radius 2 is 1.95 bits per heavy atom. The number of nitrogens with one attached hydrogen (secondary N) is 1. The first kappa shape index (κ1) is 16.4. The molecular formula is C15H22FNO3S. The summed E-state index contributed by atoms with van der Waals surface area (Å²) in [7, 11) is -3.90. The molecule has 6 heteroatoms. The van der Waals surface area contributed by atoms with Crippen molar-refractivity contribution in [1.82, 2.24) is 4.72 Å². The van der Waals surface area contributed by atoms with Crippen LogP contribution in [0.3, 0.4) is 0 Å². The molecule has 1 aromatic carbocycles. The van der Waals surface area contributed by atoms with Crippen LogP contribution in [0.15, 0.2) is 23.1 Å². The Morgan fingerprint density at radius 3 is 2.52 bits per heavy atom. The lowest BCUT2D eigenvalue weighted by Crippen LogP contribution is -2.39. The van der Waals surface area contributed by atoms with Crippen LogP contribution in [0.5, 0.6) is 0 Å². The van der Waals surface area contributed by atoms with Crippen molar-refractivity contribution in [3.8, 4) is 0 Å². The van der Waals surface area contributed by atoms with E-state index in [1.54, 1.807) is 0 Å². The highest BCUT2D eigenvalue weighted by Gasteiger charge is 2.30. The van der Waals surface area contributed by atoms with Crippen LogP contribution in [-0.4, -0.2) is 19.6 Å². The van der Waals surface area contributed by atoms with Crippen LogP contribution in [0.1, 0.15) is 45.1 Å². The van der Waals surface area contributed by atoms with Gasteiger partial charge in [-0.25, -0.2) is 17.5 Å². The van der Waals surface area contributed by atoms with E-state index in [0.29, 0.717) is 5.56 Å². The van der Waals surface area contributed by atoms with E-state index in [2.05, 4.69) is 18.6 Å². The van der Waals surface area contributed by atoms with Gasteiger partial charge in [-0.05, 0) is 48.8 Å². The molecule has 0 radical (unpaired) electrons. The van der Waals surface area contributed by atoms with Crippen LogP contribution in [0.4, 0.5) is 4.39 Å². The summed E-state index contributed by atoms with van der Waals surface area (Å²) >= 11 is 0. The van der Waals surface area contributed by atoms with Crippen LogP contribution < -0.4 is 4.72 Å². The number of aliphatic hydroxyl groups excluding tert-OH is 1. The predicted molar refractivity (Wildman–Crippen MR) is 78.7 cm³/mol. The molecule has 0 amide bonds. The van der Waals surface area contributed by atoms with Gasteiger partial charge in [-0.3, -0.25) is 0 Å². The van der Waals surface area contributed by atoms with E-state index in [0.717, 1.165) is 31.7 Å². The molecule has 2 rings (SSSR count). The number of aliphatic hydroxyl groups is 1. The van der Waals surface area contributed by atoms with Crippen molar-refractivity contribution in [1.29, 1.82) is 0 Å². The predicted octanol–water partition coefficient (Wildman–Crippen LogP) is 2.57. The Kier molecular flexibility index (Phi) is 4.70. The first-order valence-electron chi connectivity index (χ1n) is 7.15. The molecule has 1 aromatic rings. The monoisotopic (exact) mass is 315 g/mol. The number of hydrogen-bond acceptors (Lipinski definition) is 3. The van der Waals surface area contributed by atoms with Crippen molar-refractivity contribution in [3.63, 3.8) is 0 Å². The number of sulfonamides is 1. The minimum Gasteiger partial charge on any atom is -0.392 e. The van der Waals surface area contributed by atoms with Gasteiger partial charge in [0.05, 0.1) is 6.61 Å². The molecule has 0 heterocycles. The van der Waals surface area contributed by atoms with Gasteiger partial charge in [0.15, 0.2) is 0 Å². The second-order valence-electron chi connectivity index (χ2n) is 6.48. The average Bonchev–Trinajstić information content (AvgIpc) is 2.41. The maximum Gasteiger partial charge on any atom is 0.243 e. The zero-order valence-electron chi connectivity index (χ0n) is 12.4. The van der Waals surface area contributed by atoms with E-state index < -0.39 is 15.8 Å². The van der Waals surface area contributed by atoms with Gasteiger partial charge in [-0.2, -0.15) is 0 Å². The average molecular weight is 315 g/mol. The van der Waals surface area contributed by atoms with Crippen LogP contribution >= 0.6 is 0 Å². The molecule has 2 N–H and O–H groups in total. The second kappa shape index (κ2) is 6.02. The van der Waals surface area contributed by atoms with Gasteiger partial charge in [0.2, 0.25) is 10.0 Å². The molecule has 118 valence electrons. The Balaban J connectivity index is 2.16. The molecule has 1 fully saturated rings. The van der Waals surface area contributed by atoms with Crippen molar-refractivity contribution < 1.29 is 17.9 Å². The molecular weight excluding hydrogens is 293 g/mol. The number of rotatable bonds is 4. The third-order valence-corrected chi connectivity index (χ3v) is 5.66. The Morgan fingerprint density at radius 1 is 1.33 bits per heavy atom. The standard InChI is InChI=1S/C15H22FNO3S/c1-15(2)7-5-12(6-8-15)17-21(19,20)14-9-11(10-18)3-4-13(14)16/h3-4,9,12,17-18H,5-8,10H2,1-2H3. The second-order valence-corrected chi connectivity index (χ2v) is 8.17. The maximum absolute atomic E-state index is 13.8. The molecule has 0 unspecified atom stereocenters. The fourth-order valence-electron chi connectivity index (χ4n) is 2.65. The molecule has 21 heavy (non-hydrogen) atoms. The topological polar surface area (TPSA) is 66.4 Å². The van der Waals surface area contributed by atoms with E-state index in [1.807, 2.05) is 0 Å². The van der Waals surface area contributed by atoms with E-state index in [-0.39, 0.29) is 23.0 Å². The van der Waals surface area contributed by atoms with Crippen molar-refractivity contribution in [2.45, 2.75) is 57.1 Å². The minimum absolute atomic E-state index is 0.153. The fraction of sp³-hybridized carbons (Fsp3) is 0.600. The molecule has 1 aliphatic carbocycles. The molecule has 0 atom stereocenters. The number of halogens is 1. The Labute approximate surface area is 125 Å². The summed E-state index contributed by atoms with van der Waals surface area (Å²) in [4.78, 5) is -0.390. The Hall–Kier alpha value is -0.980. The van der Waals surface area contributed by atoms with Crippen molar-refractivity contribution in [2.75, 3.05) is 0 Å². The van der Waals surface area contributed by atoms with Crippen molar-refractivity contribution >= 4 is 10.0 Å². The molecule has 0 bridgehead atoms. The van der Waals surface area contributed by atoms with E-state index in [9.17, 15) is 12.8 Å². The first-order valence-corrected chi connectivity index (χ1v) is 8.63. The fourth-order valence-corrected chi connectivity index (χ4v) is 4.08. The van der Waals surface area contributed by atoms with Gasteiger partial charge in [0.25, 0.3) is 0 Å². The summed E-state index contributed by atoms with van der Waals surface area (Å²) in [6.45, 7) is 4.02. The molecule has 1 saturated carbocycles. The summed E-state index contributed by atoms with van der Waals surface area (Å²) in [6, 6.07) is 3.48. The number of benzene rings is 1. The van der Waals surface area contributed by atoms with Crippen molar-refractivity contribution in [3.05, 3.63) is 29.6 Å². The first-order chi connectivity index (χ1) is 9.73. The maximum atomic E-state index is 13.8. The summed E-state index contributed by atoms with van der Waals surface area (Å²) in [6.07, 6.45) is 3.40. The normalized spacial score (nSPS) is 19.6. The van der Waals surface area contributed by atoms with Crippen LogP contribution in [0, 0.1) is 11.2 Å². The van der Waals surface area contributed by atoms with E-state index >= 15 is 0 Å². The van der Waals surface area contributed by atoms with Gasteiger partial charge in [-0.1, -0.05) is 19.9 Å². The SMILES string of the molecule is CC1(C)CCC(NS(=O)(=O)c2cc(CO)ccc2F)CC1. The third kappa shape index (κ3) is 4.02. The van der Waals surface area contributed by atoms with Crippen LogP contribution in [-0.2, 0) is 16.6 Å². The minimum atomic E-state index is -3.90. The zero-order chi connectivity index (χ0) is 15.7. The smallest absolute Gasteiger partial charge is 0.243 e. The molecule has 1 aliphatic rings. The summed E-state index contributed by atoms with van der Waals surface area (Å²) in [5.41, 5.74) is 0.617. The lowest BCUT2D eigenvalue weighted by atomic mass is 9.76. The van der Waals surface area contributed by atoms with Gasteiger partial charge in [0, 0.05) is 6.04 Å². The number of hydrogen-bond donors (Lipinski definition) is 2. The summed E-state index contributed by atoms with van der Waals surface area (Å²) in [5, 5.41) is 9.06. The zero-order valence-corrected chi connectivity index (χ0v) is 13.2. The lowest BCUT2D eigenvalue weighted by molar-refractivity contribution is 0.218.